The Labute approximate surface area is 143 Å². The fraction of sp³-hybridized carbons (Fsp3) is 0.350. The van der Waals surface area contributed by atoms with Crippen molar-refractivity contribution >= 4 is 11.7 Å². The van der Waals surface area contributed by atoms with E-state index in [0.29, 0.717) is 13.0 Å². The molecule has 0 aromatic heterocycles. The predicted molar refractivity (Wildman–Crippen MR) is 96.9 cm³/mol. The lowest BCUT2D eigenvalue weighted by Gasteiger charge is -2.23. The first-order chi connectivity index (χ1) is 11.5. The third kappa shape index (κ3) is 4.75. The van der Waals surface area contributed by atoms with Gasteiger partial charge in [0, 0.05) is 20.0 Å². The second-order valence-corrected chi connectivity index (χ2v) is 5.93. The smallest absolute Gasteiger partial charge is 0.303 e. The van der Waals surface area contributed by atoms with Gasteiger partial charge >= 0.3 is 5.97 Å². The van der Waals surface area contributed by atoms with E-state index in [9.17, 15) is 4.79 Å². The molecule has 24 heavy (non-hydrogen) atoms. The van der Waals surface area contributed by atoms with Gasteiger partial charge in [-0.3, -0.25) is 4.79 Å². The molecule has 0 amide bonds. The number of aliphatic carboxylic acids is 1. The van der Waals surface area contributed by atoms with Crippen molar-refractivity contribution in [3.63, 3.8) is 0 Å². The lowest BCUT2D eigenvalue weighted by molar-refractivity contribution is -0.136. The van der Waals surface area contributed by atoms with Gasteiger partial charge in [-0.1, -0.05) is 36.4 Å². The van der Waals surface area contributed by atoms with Crippen LogP contribution in [0.25, 0.3) is 0 Å². The largest absolute Gasteiger partial charge is 0.487 e. The zero-order valence-electron chi connectivity index (χ0n) is 14.6. The van der Waals surface area contributed by atoms with E-state index in [4.69, 9.17) is 9.84 Å². The van der Waals surface area contributed by atoms with Crippen LogP contribution in [0.15, 0.2) is 42.5 Å². The lowest BCUT2D eigenvalue weighted by atomic mass is 10.1. The topological polar surface area (TPSA) is 49.8 Å². The highest BCUT2D eigenvalue weighted by Crippen LogP contribution is 2.31. The number of para-hydroxylation sites is 1. The monoisotopic (exact) mass is 327 g/mol. The number of carboxylic acid groups (broad SMARTS) is 1. The minimum Gasteiger partial charge on any atom is -0.487 e. The molecular formula is C20H25NO3. The maximum Gasteiger partial charge on any atom is 0.303 e. The number of benzene rings is 2. The maximum absolute atomic E-state index is 10.6. The van der Waals surface area contributed by atoms with E-state index < -0.39 is 5.97 Å². The first-order valence-electron chi connectivity index (χ1n) is 8.24. The molecule has 0 atom stereocenters. The second-order valence-electron chi connectivity index (χ2n) is 5.93. The number of hydrogen-bond acceptors (Lipinski definition) is 3. The van der Waals surface area contributed by atoms with Crippen molar-refractivity contribution in [3.8, 4) is 5.75 Å². The van der Waals surface area contributed by atoms with Crippen LogP contribution in [0.3, 0.4) is 0 Å². The van der Waals surface area contributed by atoms with Gasteiger partial charge in [-0.05, 0) is 43.0 Å². The van der Waals surface area contributed by atoms with Crippen molar-refractivity contribution in [1.82, 2.24) is 0 Å². The fourth-order valence-corrected chi connectivity index (χ4v) is 2.61. The van der Waals surface area contributed by atoms with Crippen LogP contribution in [0.5, 0.6) is 5.75 Å². The Balaban J connectivity index is 2.03. The predicted octanol–water partition coefficient (Wildman–Crippen LogP) is 4.05. The van der Waals surface area contributed by atoms with Crippen LogP contribution < -0.4 is 9.64 Å². The molecule has 4 heteroatoms. The molecule has 0 aliphatic carbocycles. The van der Waals surface area contributed by atoms with Gasteiger partial charge in [-0.15, -0.1) is 0 Å². The molecule has 2 aromatic carbocycles. The Morgan fingerprint density at radius 1 is 1.12 bits per heavy atom. The van der Waals surface area contributed by atoms with Gasteiger partial charge in [0.2, 0.25) is 0 Å². The van der Waals surface area contributed by atoms with E-state index in [1.165, 1.54) is 5.56 Å². The third-order valence-corrected chi connectivity index (χ3v) is 4.10. The molecular weight excluding hydrogens is 302 g/mol. The van der Waals surface area contributed by atoms with Gasteiger partial charge in [0.25, 0.3) is 0 Å². The highest BCUT2D eigenvalue weighted by Gasteiger charge is 2.10. The fourth-order valence-electron chi connectivity index (χ4n) is 2.61. The third-order valence-electron chi connectivity index (χ3n) is 4.10. The first kappa shape index (κ1) is 17.9. The van der Waals surface area contributed by atoms with Crippen LogP contribution >= 0.6 is 0 Å². The molecule has 0 fully saturated rings. The molecule has 2 rings (SSSR count). The number of rotatable bonds is 8. The summed E-state index contributed by atoms with van der Waals surface area (Å²) in [6, 6.07) is 14.0. The van der Waals surface area contributed by atoms with E-state index in [1.54, 1.807) is 0 Å². The molecule has 0 saturated heterocycles. The summed E-state index contributed by atoms with van der Waals surface area (Å²) in [7, 11) is 2.06. The summed E-state index contributed by atoms with van der Waals surface area (Å²) in [5.74, 6) is 0.115. The lowest BCUT2D eigenvalue weighted by Crippen LogP contribution is -2.18. The van der Waals surface area contributed by atoms with Crippen LogP contribution in [-0.4, -0.2) is 24.7 Å². The number of aryl methyl sites for hydroxylation is 2. The van der Waals surface area contributed by atoms with Crippen LogP contribution in [0.1, 0.15) is 30.0 Å². The van der Waals surface area contributed by atoms with E-state index in [2.05, 4.69) is 31.9 Å². The van der Waals surface area contributed by atoms with Crippen molar-refractivity contribution in [2.45, 2.75) is 33.3 Å². The summed E-state index contributed by atoms with van der Waals surface area (Å²) in [5.41, 5.74) is 4.42. The standard InChI is InChI=1S/C20H25NO3/c1-4-21(3)20-15(2)6-5-7-18(20)24-14-17-10-8-16(9-11-17)12-13-19(22)23/h5-11H,4,12-14H2,1-3H3,(H,22,23). The molecule has 1 N–H and O–H groups in total. The number of carbonyl (C=O) groups is 1. The molecule has 0 saturated carbocycles. The zero-order valence-corrected chi connectivity index (χ0v) is 14.6. The molecule has 2 aromatic rings. The molecule has 128 valence electrons. The van der Waals surface area contributed by atoms with Crippen LogP contribution in [-0.2, 0) is 17.8 Å². The van der Waals surface area contributed by atoms with E-state index in [-0.39, 0.29) is 6.42 Å². The first-order valence-corrected chi connectivity index (χ1v) is 8.24. The van der Waals surface area contributed by atoms with Crippen LogP contribution in [0.4, 0.5) is 5.69 Å². The van der Waals surface area contributed by atoms with Crippen molar-refractivity contribution < 1.29 is 14.6 Å². The maximum atomic E-state index is 10.6. The Morgan fingerprint density at radius 2 is 1.79 bits per heavy atom. The summed E-state index contributed by atoms with van der Waals surface area (Å²) in [6.45, 7) is 5.62. The zero-order chi connectivity index (χ0) is 17.5. The van der Waals surface area contributed by atoms with Crippen LogP contribution in [0.2, 0.25) is 0 Å². The van der Waals surface area contributed by atoms with Crippen LogP contribution in [0, 0.1) is 6.92 Å². The number of carboxylic acids is 1. The number of hydrogen-bond donors (Lipinski definition) is 1. The summed E-state index contributed by atoms with van der Waals surface area (Å²) in [5, 5.41) is 8.73. The molecule has 4 nitrogen and oxygen atoms in total. The molecule has 0 spiro atoms. The Morgan fingerprint density at radius 3 is 2.42 bits per heavy atom. The van der Waals surface area contributed by atoms with Crippen molar-refractivity contribution in [1.29, 1.82) is 0 Å². The van der Waals surface area contributed by atoms with Gasteiger partial charge in [-0.2, -0.15) is 0 Å². The Bertz CT molecular complexity index is 680. The van der Waals surface area contributed by atoms with Crippen molar-refractivity contribution in [2.24, 2.45) is 0 Å². The number of ether oxygens (including phenoxy) is 1. The molecule has 0 unspecified atom stereocenters. The highest BCUT2D eigenvalue weighted by atomic mass is 16.5. The summed E-state index contributed by atoms with van der Waals surface area (Å²) < 4.78 is 6.03. The Hall–Kier alpha value is -2.49. The average Bonchev–Trinajstić information content (AvgIpc) is 2.58. The molecule has 0 aliphatic heterocycles. The number of anilines is 1. The van der Waals surface area contributed by atoms with Gasteiger partial charge < -0.3 is 14.7 Å². The minimum absolute atomic E-state index is 0.159. The van der Waals surface area contributed by atoms with Crippen molar-refractivity contribution in [3.05, 3.63) is 59.2 Å². The second kappa shape index (κ2) is 8.39. The molecule has 0 bridgehead atoms. The average molecular weight is 327 g/mol. The van der Waals surface area contributed by atoms with Gasteiger partial charge in [-0.25, -0.2) is 0 Å². The SMILES string of the molecule is CCN(C)c1c(C)cccc1OCc1ccc(CCC(=O)O)cc1. The summed E-state index contributed by atoms with van der Waals surface area (Å²) in [4.78, 5) is 12.8. The van der Waals surface area contributed by atoms with Gasteiger partial charge in [0.05, 0.1) is 5.69 Å². The quantitative estimate of drug-likeness (QED) is 0.795. The molecule has 0 aliphatic rings. The van der Waals surface area contributed by atoms with E-state index in [0.717, 1.165) is 29.1 Å². The Kier molecular flexibility index (Phi) is 6.24. The van der Waals surface area contributed by atoms with E-state index >= 15 is 0 Å². The summed E-state index contributed by atoms with van der Waals surface area (Å²) >= 11 is 0. The van der Waals surface area contributed by atoms with Gasteiger partial charge in [0.1, 0.15) is 12.4 Å². The van der Waals surface area contributed by atoms with Crippen molar-refractivity contribution in [2.75, 3.05) is 18.5 Å². The normalized spacial score (nSPS) is 10.5. The molecule has 0 heterocycles. The highest BCUT2D eigenvalue weighted by molar-refractivity contribution is 5.67. The summed E-state index contributed by atoms with van der Waals surface area (Å²) in [6.07, 6.45) is 0.714. The van der Waals surface area contributed by atoms with E-state index in [1.807, 2.05) is 36.4 Å². The molecule has 0 radical (unpaired) electrons. The van der Waals surface area contributed by atoms with Gasteiger partial charge in [0.15, 0.2) is 0 Å². The number of nitrogens with zero attached hydrogens (tertiary/aromatic N) is 1. The minimum atomic E-state index is -0.769.